The molecule has 0 amide bonds. The molecule has 2 aliphatic heterocycles. The van der Waals surface area contributed by atoms with Gasteiger partial charge in [-0.1, -0.05) is 197 Å². The predicted molar refractivity (Wildman–Crippen MR) is 239 cm³/mol. The molecule has 0 radical (unpaired) electrons. The summed E-state index contributed by atoms with van der Waals surface area (Å²) in [5.41, 5.74) is -1.00. The summed E-state index contributed by atoms with van der Waals surface area (Å²) in [6.45, 7) is 20.7. The van der Waals surface area contributed by atoms with Gasteiger partial charge < -0.3 is 28.4 Å². The third kappa shape index (κ3) is 22.5. The Balaban J connectivity index is 1.57. The summed E-state index contributed by atoms with van der Waals surface area (Å²) in [7, 11) is 0. The van der Waals surface area contributed by atoms with Crippen LogP contribution in [0.25, 0.3) is 0 Å². The van der Waals surface area contributed by atoms with Gasteiger partial charge in [-0.25, -0.2) is 0 Å². The molecule has 6 nitrogen and oxygen atoms in total. The maximum Gasteiger partial charge on any atom is 0.165 e. The standard InChI is InChI=1S/C47H88O6S2/c1-9-11-13-15-17-19-21-23-25-27-29-39(3)31-41(54)48-33-45(5,6)43-50-35-47(36-51-43)37-52-44(53-38-47)46(7,8)34-49-42(55)32-40(4)30-28-26-24-22-20-18-16-14-12-10-2/h39-40,43-44H,9-38H2,1-8H3. The zero-order valence-electron chi connectivity index (χ0n) is 37.3. The highest BCUT2D eigenvalue weighted by atomic mass is 32.1. The molecule has 2 saturated heterocycles. The van der Waals surface area contributed by atoms with Gasteiger partial charge in [0.2, 0.25) is 0 Å². The second-order valence-corrected chi connectivity index (χ2v) is 20.2. The maximum atomic E-state index is 6.33. The zero-order chi connectivity index (χ0) is 40.4. The summed E-state index contributed by atoms with van der Waals surface area (Å²) in [5.74, 6) is 1.09. The lowest BCUT2D eigenvalue weighted by molar-refractivity contribution is -0.336. The topological polar surface area (TPSA) is 55.4 Å². The van der Waals surface area contributed by atoms with Gasteiger partial charge in [0.1, 0.15) is 0 Å². The first-order valence-corrected chi connectivity index (χ1v) is 23.9. The molecule has 2 heterocycles. The van der Waals surface area contributed by atoms with E-state index in [0.29, 0.717) is 61.6 Å². The first-order valence-electron chi connectivity index (χ1n) is 23.1. The van der Waals surface area contributed by atoms with Gasteiger partial charge in [0, 0.05) is 23.7 Å². The molecule has 2 atom stereocenters. The van der Waals surface area contributed by atoms with Crippen LogP contribution in [0.3, 0.4) is 0 Å². The van der Waals surface area contributed by atoms with Crippen molar-refractivity contribution in [1.82, 2.24) is 0 Å². The number of thiocarbonyl (C=S) groups is 2. The Hall–Kier alpha value is -0.380. The average molecular weight is 813 g/mol. The Labute approximate surface area is 351 Å². The van der Waals surface area contributed by atoms with Crippen LogP contribution in [0.1, 0.15) is 209 Å². The molecule has 0 bridgehead atoms. The first-order chi connectivity index (χ1) is 26.3. The fourth-order valence-corrected chi connectivity index (χ4v) is 8.47. The van der Waals surface area contributed by atoms with Crippen molar-refractivity contribution >= 4 is 34.5 Å². The van der Waals surface area contributed by atoms with Crippen molar-refractivity contribution in [3.63, 3.8) is 0 Å². The van der Waals surface area contributed by atoms with Crippen LogP contribution in [0.2, 0.25) is 0 Å². The molecule has 2 aliphatic rings. The van der Waals surface area contributed by atoms with Crippen molar-refractivity contribution in [1.29, 1.82) is 0 Å². The lowest BCUT2D eigenvalue weighted by atomic mass is 9.86. The molecule has 0 N–H and O–H groups in total. The molecule has 2 fully saturated rings. The molecule has 0 aromatic heterocycles. The van der Waals surface area contributed by atoms with Crippen LogP contribution in [0.4, 0.5) is 0 Å². The SMILES string of the molecule is CCCCCCCCCCCCC(C)CC(=S)OCC(C)(C)C1OCC2(CO1)COC(C(C)(C)COC(=S)CC(C)CCCCCCCCCCCC)OC2. The van der Waals surface area contributed by atoms with Gasteiger partial charge in [-0.3, -0.25) is 0 Å². The summed E-state index contributed by atoms with van der Waals surface area (Å²) in [6, 6.07) is 0. The van der Waals surface area contributed by atoms with Gasteiger partial charge in [-0.15, -0.1) is 0 Å². The highest BCUT2D eigenvalue weighted by Crippen LogP contribution is 2.39. The fourth-order valence-electron chi connectivity index (χ4n) is 7.78. The van der Waals surface area contributed by atoms with Gasteiger partial charge in [0.25, 0.3) is 0 Å². The molecule has 55 heavy (non-hydrogen) atoms. The van der Waals surface area contributed by atoms with Crippen LogP contribution >= 0.6 is 24.4 Å². The summed E-state index contributed by atoms with van der Waals surface area (Å²) in [5, 5.41) is 1.40. The van der Waals surface area contributed by atoms with Gasteiger partial charge in [0.15, 0.2) is 22.7 Å². The monoisotopic (exact) mass is 813 g/mol. The molecular weight excluding hydrogens is 725 g/mol. The minimum Gasteiger partial charge on any atom is -0.486 e. The molecular formula is C47H88O6S2. The Kier molecular flexibility index (Phi) is 26.7. The van der Waals surface area contributed by atoms with Crippen molar-refractivity contribution in [2.75, 3.05) is 39.6 Å². The van der Waals surface area contributed by atoms with E-state index in [0.717, 1.165) is 12.8 Å². The van der Waals surface area contributed by atoms with E-state index in [1.165, 1.54) is 141 Å². The lowest BCUT2D eigenvalue weighted by Crippen LogP contribution is -2.57. The minimum atomic E-state index is -0.374. The normalized spacial score (nSPS) is 21.7. The van der Waals surface area contributed by atoms with Crippen molar-refractivity contribution in [2.45, 2.75) is 222 Å². The Bertz CT molecular complexity index is 904. The van der Waals surface area contributed by atoms with Crippen LogP contribution in [0.5, 0.6) is 0 Å². The summed E-state index contributed by atoms with van der Waals surface area (Å²) in [6.07, 6.45) is 30.7. The van der Waals surface area contributed by atoms with Crippen LogP contribution in [0, 0.1) is 28.1 Å². The summed E-state index contributed by atoms with van der Waals surface area (Å²) < 4.78 is 37.6. The highest BCUT2D eigenvalue weighted by molar-refractivity contribution is 7.80. The van der Waals surface area contributed by atoms with E-state index in [1.54, 1.807) is 0 Å². The zero-order valence-corrected chi connectivity index (χ0v) is 38.9. The Morgan fingerprint density at radius 1 is 0.509 bits per heavy atom. The Morgan fingerprint density at radius 2 is 0.782 bits per heavy atom. The van der Waals surface area contributed by atoms with Crippen LogP contribution in [-0.4, -0.2) is 62.3 Å². The minimum absolute atomic E-state index is 0.320. The van der Waals surface area contributed by atoms with E-state index in [2.05, 4.69) is 55.4 Å². The maximum absolute atomic E-state index is 6.33. The molecule has 2 rings (SSSR count). The molecule has 324 valence electrons. The molecule has 0 aromatic rings. The number of ether oxygens (including phenoxy) is 6. The number of hydrogen-bond acceptors (Lipinski definition) is 8. The summed E-state index contributed by atoms with van der Waals surface area (Å²) in [4.78, 5) is 0. The fraction of sp³-hybridized carbons (Fsp3) is 0.957. The number of rotatable bonds is 32. The van der Waals surface area contributed by atoms with Crippen molar-refractivity contribution in [3.05, 3.63) is 0 Å². The third-order valence-corrected chi connectivity index (χ3v) is 12.4. The molecule has 1 spiro atoms. The first kappa shape index (κ1) is 50.8. The van der Waals surface area contributed by atoms with E-state index < -0.39 is 0 Å². The Morgan fingerprint density at radius 3 is 1.07 bits per heavy atom. The third-order valence-electron chi connectivity index (χ3n) is 11.8. The van der Waals surface area contributed by atoms with Crippen LogP contribution < -0.4 is 0 Å². The largest absolute Gasteiger partial charge is 0.486 e. The molecule has 2 unspecified atom stereocenters. The smallest absolute Gasteiger partial charge is 0.165 e. The van der Waals surface area contributed by atoms with E-state index in [1.807, 2.05) is 0 Å². The van der Waals surface area contributed by atoms with E-state index >= 15 is 0 Å². The second kappa shape index (κ2) is 28.9. The van der Waals surface area contributed by atoms with E-state index in [9.17, 15) is 0 Å². The van der Waals surface area contributed by atoms with Crippen molar-refractivity contribution in [3.8, 4) is 0 Å². The molecule has 8 heteroatoms. The molecule has 0 saturated carbocycles. The highest BCUT2D eigenvalue weighted by Gasteiger charge is 2.48. The second-order valence-electron chi connectivity index (χ2n) is 19.3. The van der Waals surface area contributed by atoms with E-state index in [-0.39, 0.29) is 28.8 Å². The van der Waals surface area contributed by atoms with Gasteiger partial charge in [-0.2, -0.15) is 0 Å². The van der Waals surface area contributed by atoms with Gasteiger partial charge in [-0.05, 0) is 36.3 Å². The van der Waals surface area contributed by atoms with E-state index in [4.69, 9.17) is 52.9 Å². The molecule has 0 aromatic carbocycles. The number of hydrogen-bond donors (Lipinski definition) is 0. The summed E-state index contributed by atoms with van der Waals surface area (Å²) >= 11 is 11.3. The lowest BCUT2D eigenvalue weighted by Gasteiger charge is -2.48. The molecule has 0 aliphatic carbocycles. The van der Waals surface area contributed by atoms with Crippen LogP contribution in [-0.2, 0) is 28.4 Å². The van der Waals surface area contributed by atoms with Crippen molar-refractivity contribution < 1.29 is 28.4 Å². The predicted octanol–water partition coefficient (Wildman–Crippen LogP) is 14.1. The van der Waals surface area contributed by atoms with Gasteiger partial charge >= 0.3 is 0 Å². The average Bonchev–Trinajstić information content (AvgIpc) is 3.15. The number of unbranched alkanes of at least 4 members (excludes halogenated alkanes) is 18. The van der Waals surface area contributed by atoms with Crippen molar-refractivity contribution in [2.24, 2.45) is 28.1 Å². The van der Waals surface area contributed by atoms with Gasteiger partial charge in [0.05, 0.1) is 45.1 Å². The van der Waals surface area contributed by atoms with Crippen LogP contribution in [0.15, 0.2) is 0 Å². The quantitative estimate of drug-likeness (QED) is 0.0492.